The third-order valence-corrected chi connectivity index (χ3v) is 5.11. The van der Waals surface area contributed by atoms with E-state index in [1.165, 1.54) is 22.2 Å². The molecular weight excluding hydrogens is 501 g/mol. The molecule has 0 spiro atoms. The van der Waals surface area contributed by atoms with Gasteiger partial charge >= 0.3 is 0 Å². The number of aromatic nitrogens is 1. The molecule has 0 saturated carbocycles. The zero-order chi connectivity index (χ0) is 21.3. The van der Waals surface area contributed by atoms with Crippen molar-refractivity contribution in [3.05, 3.63) is 71.4 Å². The maximum atomic E-state index is 12.0. The second-order valence-corrected chi connectivity index (χ2v) is 7.57. The molecular formula is C24H32IN5O. The number of H-pyrrole nitrogens is 1. The number of hydrogen-bond acceptors (Lipinski definition) is 2. The zero-order valence-corrected chi connectivity index (χ0v) is 20.8. The minimum Gasteiger partial charge on any atom is -0.358 e. The summed E-state index contributed by atoms with van der Waals surface area (Å²) in [4.78, 5) is 21.4. The number of guanidine groups is 1. The first-order valence-electron chi connectivity index (χ1n) is 10.4. The van der Waals surface area contributed by atoms with Gasteiger partial charge in [-0.2, -0.15) is 0 Å². The summed E-state index contributed by atoms with van der Waals surface area (Å²) in [5.41, 5.74) is 4.93. The number of benzene rings is 2. The molecule has 0 aliphatic rings. The SMILES string of the molecule is Cc1[nH]c2ccccc2c1CCNC(=NCC(=O)N(C)C)NCCc1ccccc1.I. The van der Waals surface area contributed by atoms with Crippen molar-refractivity contribution in [2.45, 2.75) is 19.8 Å². The Morgan fingerprint density at radius 2 is 1.61 bits per heavy atom. The molecule has 3 aromatic rings. The Kier molecular flexibility index (Phi) is 9.84. The molecule has 1 heterocycles. The summed E-state index contributed by atoms with van der Waals surface area (Å²) in [6.07, 6.45) is 1.77. The number of halogens is 1. The van der Waals surface area contributed by atoms with Crippen LogP contribution in [0.15, 0.2) is 59.6 Å². The molecule has 0 unspecified atom stereocenters. The van der Waals surface area contributed by atoms with Crippen molar-refractivity contribution < 1.29 is 4.79 Å². The Morgan fingerprint density at radius 3 is 2.32 bits per heavy atom. The highest BCUT2D eigenvalue weighted by molar-refractivity contribution is 14.0. The van der Waals surface area contributed by atoms with Gasteiger partial charge in [0.25, 0.3) is 0 Å². The van der Waals surface area contributed by atoms with Crippen molar-refractivity contribution in [3.63, 3.8) is 0 Å². The molecule has 0 aliphatic carbocycles. The predicted molar refractivity (Wildman–Crippen MR) is 139 cm³/mol. The number of hydrogen-bond donors (Lipinski definition) is 3. The number of carbonyl (C=O) groups is 1. The Bertz CT molecular complexity index is 998. The number of nitrogens with zero attached hydrogens (tertiary/aromatic N) is 2. The molecule has 0 bridgehead atoms. The number of aromatic amines is 1. The summed E-state index contributed by atoms with van der Waals surface area (Å²) < 4.78 is 0. The van der Waals surface area contributed by atoms with Crippen LogP contribution in [0.4, 0.5) is 0 Å². The summed E-state index contributed by atoms with van der Waals surface area (Å²) in [6.45, 7) is 3.71. The van der Waals surface area contributed by atoms with Crippen molar-refractivity contribution >= 4 is 46.7 Å². The maximum absolute atomic E-state index is 12.0. The van der Waals surface area contributed by atoms with Crippen molar-refractivity contribution in [2.75, 3.05) is 33.7 Å². The summed E-state index contributed by atoms with van der Waals surface area (Å²) >= 11 is 0. The van der Waals surface area contributed by atoms with Gasteiger partial charge in [-0.3, -0.25) is 4.79 Å². The lowest BCUT2D eigenvalue weighted by Crippen LogP contribution is -2.40. The number of carbonyl (C=O) groups excluding carboxylic acids is 1. The molecule has 0 radical (unpaired) electrons. The zero-order valence-electron chi connectivity index (χ0n) is 18.4. The normalized spacial score (nSPS) is 11.1. The largest absolute Gasteiger partial charge is 0.358 e. The molecule has 1 aromatic heterocycles. The number of para-hydroxylation sites is 1. The average Bonchev–Trinajstić information content (AvgIpc) is 3.07. The topological polar surface area (TPSA) is 72.5 Å². The first kappa shape index (κ1) is 24.7. The van der Waals surface area contributed by atoms with E-state index < -0.39 is 0 Å². The standard InChI is InChI=1S/C24H31N5O.HI/c1-18-20(21-11-7-8-12-22(21)28-18)14-16-26-24(27-17-23(30)29(2)3)25-15-13-19-9-5-4-6-10-19;/h4-12,28H,13-17H2,1-3H3,(H2,25,26,27);1H. The van der Waals surface area contributed by atoms with Crippen LogP contribution in [0.25, 0.3) is 10.9 Å². The minimum atomic E-state index is -0.0216. The predicted octanol–water partition coefficient (Wildman–Crippen LogP) is 3.50. The van der Waals surface area contributed by atoms with Gasteiger partial charge in [0.05, 0.1) is 0 Å². The number of likely N-dealkylation sites (N-methyl/N-ethyl adjacent to an activating group) is 1. The van der Waals surface area contributed by atoms with Gasteiger partial charge < -0.3 is 20.5 Å². The third-order valence-electron chi connectivity index (χ3n) is 5.11. The second kappa shape index (κ2) is 12.3. The lowest BCUT2D eigenvalue weighted by atomic mass is 10.1. The maximum Gasteiger partial charge on any atom is 0.243 e. The van der Waals surface area contributed by atoms with Crippen LogP contribution in [-0.4, -0.2) is 55.5 Å². The first-order valence-corrected chi connectivity index (χ1v) is 10.4. The summed E-state index contributed by atoms with van der Waals surface area (Å²) in [6, 6.07) is 18.7. The number of nitrogens with one attached hydrogen (secondary N) is 3. The molecule has 0 saturated heterocycles. The third kappa shape index (κ3) is 7.27. The fourth-order valence-corrected chi connectivity index (χ4v) is 3.40. The molecule has 0 atom stereocenters. The number of rotatable bonds is 8. The van der Waals surface area contributed by atoms with Crippen LogP contribution in [0.3, 0.4) is 0 Å². The lowest BCUT2D eigenvalue weighted by Gasteiger charge is -2.14. The van der Waals surface area contributed by atoms with Crippen LogP contribution in [0.1, 0.15) is 16.8 Å². The van der Waals surface area contributed by atoms with Gasteiger partial charge in [0, 0.05) is 43.8 Å². The number of aryl methyl sites for hydroxylation is 1. The van der Waals surface area contributed by atoms with Gasteiger partial charge in [-0.15, -0.1) is 24.0 Å². The van der Waals surface area contributed by atoms with Gasteiger partial charge in [-0.05, 0) is 37.0 Å². The van der Waals surface area contributed by atoms with Gasteiger partial charge in [-0.1, -0.05) is 48.5 Å². The van der Waals surface area contributed by atoms with Crippen molar-refractivity contribution in [2.24, 2.45) is 4.99 Å². The summed E-state index contributed by atoms with van der Waals surface area (Å²) in [5.74, 6) is 0.644. The van der Waals surface area contributed by atoms with E-state index in [9.17, 15) is 4.79 Å². The van der Waals surface area contributed by atoms with Gasteiger partial charge in [0.1, 0.15) is 6.54 Å². The molecule has 166 valence electrons. The lowest BCUT2D eigenvalue weighted by molar-refractivity contribution is -0.127. The molecule has 31 heavy (non-hydrogen) atoms. The Labute approximate surface area is 201 Å². The molecule has 2 aromatic carbocycles. The molecule has 3 rings (SSSR count). The van der Waals surface area contributed by atoms with E-state index in [1.807, 2.05) is 24.3 Å². The Balaban J connectivity index is 0.00000341. The second-order valence-electron chi connectivity index (χ2n) is 7.57. The van der Waals surface area contributed by atoms with Gasteiger partial charge in [0.2, 0.25) is 5.91 Å². The van der Waals surface area contributed by atoms with E-state index >= 15 is 0 Å². The molecule has 7 heteroatoms. The smallest absolute Gasteiger partial charge is 0.243 e. The Hall–Kier alpha value is -2.55. The van der Waals surface area contributed by atoms with E-state index in [1.54, 1.807) is 19.0 Å². The molecule has 1 amide bonds. The number of amides is 1. The van der Waals surface area contributed by atoms with Crippen LogP contribution in [0, 0.1) is 6.92 Å². The molecule has 3 N–H and O–H groups in total. The van der Waals surface area contributed by atoms with E-state index in [4.69, 9.17) is 0 Å². The fourth-order valence-electron chi connectivity index (χ4n) is 3.40. The minimum absolute atomic E-state index is 0. The Morgan fingerprint density at radius 1 is 0.968 bits per heavy atom. The average molecular weight is 533 g/mol. The quantitative estimate of drug-likeness (QED) is 0.236. The van der Waals surface area contributed by atoms with E-state index in [-0.39, 0.29) is 36.4 Å². The van der Waals surface area contributed by atoms with E-state index in [2.05, 4.69) is 57.9 Å². The molecule has 0 aliphatic heterocycles. The van der Waals surface area contributed by atoms with Crippen LogP contribution in [-0.2, 0) is 17.6 Å². The monoisotopic (exact) mass is 533 g/mol. The highest BCUT2D eigenvalue weighted by atomic mass is 127. The highest BCUT2D eigenvalue weighted by Gasteiger charge is 2.09. The van der Waals surface area contributed by atoms with Crippen LogP contribution < -0.4 is 10.6 Å². The van der Waals surface area contributed by atoms with E-state index in [0.29, 0.717) is 5.96 Å². The number of fused-ring (bicyclic) bond motifs is 1. The molecule has 0 fully saturated rings. The summed E-state index contributed by atoms with van der Waals surface area (Å²) in [5, 5.41) is 8.00. The number of aliphatic imine (C=N–C) groups is 1. The van der Waals surface area contributed by atoms with Crippen molar-refractivity contribution in [3.8, 4) is 0 Å². The fraction of sp³-hybridized carbons (Fsp3) is 0.333. The van der Waals surface area contributed by atoms with Crippen molar-refractivity contribution in [1.29, 1.82) is 0 Å². The molecule has 6 nitrogen and oxygen atoms in total. The van der Waals surface area contributed by atoms with Crippen LogP contribution in [0.5, 0.6) is 0 Å². The van der Waals surface area contributed by atoms with E-state index in [0.717, 1.165) is 31.4 Å². The first-order chi connectivity index (χ1) is 14.5. The van der Waals surface area contributed by atoms with Gasteiger partial charge in [0.15, 0.2) is 5.96 Å². The van der Waals surface area contributed by atoms with Crippen molar-refractivity contribution in [1.82, 2.24) is 20.5 Å². The van der Waals surface area contributed by atoms with Crippen LogP contribution >= 0.6 is 24.0 Å². The summed E-state index contributed by atoms with van der Waals surface area (Å²) in [7, 11) is 3.49. The van der Waals surface area contributed by atoms with Crippen LogP contribution in [0.2, 0.25) is 0 Å². The highest BCUT2D eigenvalue weighted by Crippen LogP contribution is 2.21. The van der Waals surface area contributed by atoms with Gasteiger partial charge in [-0.25, -0.2) is 4.99 Å².